The zero-order chi connectivity index (χ0) is 58.2. The van der Waals surface area contributed by atoms with Gasteiger partial charge in [0.1, 0.15) is 24.4 Å². The molecule has 1 saturated heterocycles. The number of esters is 1. The predicted octanol–water partition coefficient (Wildman–Crippen LogP) is 16.8. The number of amides is 1. The smallest absolute Gasteiger partial charge is 0.306 e. The fourth-order valence-corrected chi connectivity index (χ4v) is 10.6. The van der Waals surface area contributed by atoms with E-state index >= 15 is 0 Å². The molecule has 0 aromatic carbocycles. The van der Waals surface area contributed by atoms with Crippen LogP contribution in [-0.4, -0.2) is 99.6 Å². The lowest BCUT2D eigenvalue weighted by Gasteiger charge is -2.41. The zero-order valence-corrected chi connectivity index (χ0v) is 52.0. The van der Waals surface area contributed by atoms with Gasteiger partial charge in [-0.1, -0.05) is 275 Å². The van der Waals surface area contributed by atoms with Crippen molar-refractivity contribution in [3.63, 3.8) is 0 Å². The van der Waals surface area contributed by atoms with E-state index in [4.69, 9.17) is 14.2 Å². The normalized spacial score (nSPS) is 19.0. The molecule has 6 N–H and O–H groups in total. The molecule has 1 aliphatic heterocycles. The molecule has 0 aliphatic carbocycles. The molecule has 11 nitrogen and oxygen atoms in total. The van der Waals surface area contributed by atoms with E-state index in [1.807, 2.05) is 6.08 Å². The van der Waals surface area contributed by atoms with Crippen LogP contribution in [-0.2, 0) is 23.8 Å². The second-order valence-corrected chi connectivity index (χ2v) is 23.6. The van der Waals surface area contributed by atoms with Gasteiger partial charge in [0.2, 0.25) is 5.91 Å². The summed E-state index contributed by atoms with van der Waals surface area (Å²) in [5.41, 5.74) is 0. The van der Waals surface area contributed by atoms with Crippen LogP contribution in [0, 0.1) is 0 Å². The number of carbonyl (C=O) groups excluding carboxylic acids is 2. The van der Waals surface area contributed by atoms with E-state index in [-0.39, 0.29) is 13.0 Å². The standard InChI is InChI=1S/C69H127NO10/c1-4-7-10-13-16-19-22-24-26-27-28-29-30-31-32-33-34-35-36-37-38-41-44-47-50-53-56-62(73)68(77)70-60(61(72)55-52-49-46-43-40-21-18-15-12-9-6-3)59-78-69-67(66(76)65(75)63(58-71)79-69)80-64(74)57-54-51-48-45-42-39-25-23-20-17-14-11-8-5-2/h16,19,24,26,39,42,52,55,60-63,65-67,69,71-73,75-76H,4-15,17-18,20-23,25,27-38,40-41,43-51,53-54,56-59H2,1-3H3,(H,70,77)/b19-16-,26-24-,42-39-,55-52+. The van der Waals surface area contributed by atoms with Crippen molar-refractivity contribution < 1.29 is 49.3 Å². The van der Waals surface area contributed by atoms with E-state index in [1.165, 1.54) is 199 Å². The van der Waals surface area contributed by atoms with Crippen LogP contribution >= 0.6 is 0 Å². The molecule has 1 aliphatic rings. The molecule has 1 fully saturated rings. The number of rotatable bonds is 58. The van der Waals surface area contributed by atoms with Gasteiger partial charge in [-0.3, -0.25) is 9.59 Å². The van der Waals surface area contributed by atoms with Crippen LogP contribution in [0.1, 0.15) is 316 Å². The maximum absolute atomic E-state index is 13.5. The van der Waals surface area contributed by atoms with Gasteiger partial charge in [-0.05, 0) is 83.5 Å². The van der Waals surface area contributed by atoms with Gasteiger partial charge in [0, 0.05) is 6.42 Å². The first-order valence-corrected chi connectivity index (χ1v) is 33.9. The molecular formula is C69H127NO10. The van der Waals surface area contributed by atoms with Crippen molar-refractivity contribution in [1.29, 1.82) is 0 Å². The third-order valence-electron chi connectivity index (χ3n) is 16.0. The van der Waals surface area contributed by atoms with Crippen molar-refractivity contribution >= 4 is 11.9 Å². The summed E-state index contributed by atoms with van der Waals surface area (Å²) in [7, 11) is 0. The molecule has 0 aromatic heterocycles. The second-order valence-electron chi connectivity index (χ2n) is 23.6. The summed E-state index contributed by atoms with van der Waals surface area (Å²) in [5.74, 6) is -1.20. The molecule has 0 spiro atoms. The third-order valence-corrected chi connectivity index (χ3v) is 16.0. The zero-order valence-electron chi connectivity index (χ0n) is 52.0. The van der Waals surface area contributed by atoms with Crippen LogP contribution < -0.4 is 5.32 Å². The fraction of sp³-hybridized carbons (Fsp3) is 0.855. The molecule has 1 rings (SSSR count). The van der Waals surface area contributed by atoms with E-state index in [1.54, 1.807) is 6.08 Å². The Hall–Kier alpha value is -2.38. The lowest BCUT2D eigenvalue weighted by molar-refractivity contribution is -0.305. The Labute approximate surface area is 491 Å². The molecule has 8 atom stereocenters. The summed E-state index contributed by atoms with van der Waals surface area (Å²) in [6.45, 7) is 5.77. The molecule has 468 valence electrons. The summed E-state index contributed by atoms with van der Waals surface area (Å²) in [4.78, 5) is 26.6. The molecular weight excluding hydrogens is 1000 g/mol. The number of ether oxygens (including phenoxy) is 3. The Balaban J connectivity index is 2.55. The van der Waals surface area contributed by atoms with E-state index in [9.17, 15) is 35.1 Å². The highest BCUT2D eigenvalue weighted by Gasteiger charge is 2.47. The molecule has 0 bridgehead atoms. The molecule has 80 heavy (non-hydrogen) atoms. The molecule has 0 aromatic rings. The van der Waals surface area contributed by atoms with Gasteiger partial charge >= 0.3 is 5.97 Å². The molecule has 8 unspecified atom stereocenters. The Morgan fingerprint density at radius 3 is 1.31 bits per heavy atom. The topological polar surface area (TPSA) is 175 Å². The van der Waals surface area contributed by atoms with E-state index in [0.29, 0.717) is 19.3 Å². The van der Waals surface area contributed by atoms with Gasteiger partial charge in [0.05, 0.1) is 25.4 Å². The van der Waals surface area contributed by atoms with Crippen LogP contribution in [0.15, 0.2) is 48.6 Å². The van der Waals surface area contributed by atoms with E-state index < -0.39 is 67.4 Å². The Morgan fingerprint density at radius 1 is 0.487 bits per heavy atom. The van der Waals surface area contributed by atoms with Crippen LogP contribution in [0.25, 0.3) is 0 Å². The number of hydrogen-bond acceptors (Lipinski definition) is 10. The maximum atomic E-state index is 13.5. The largest absolute Gasteiger partial charge is 0.454 e. The van der Waals surface area contributed by atoms with Gasteiger partial charge in [-0.25, -0.2) is 0 Å². The number of aliphatic hydroxyl groups is 5. The van der Waals surface area contributed by atoms with Crippen LogP contribution in [0.3, 0.4) is 0 Å². The number of carbonyl (C=O) groups is 2. The Kier molecular flexibility index (Phi) is 54.0. The lowest BCUT2D eigenvalue weighted by Crippen LogP contribution is -2.61. The van der Waals surface area contributed by atoms with E-state index in [0.717, 1.165) is 70.6 Å². The Morgan fingerprint density at radius 2 is 0.863 bits per heavy atom. The highest BCUT2D eigenvalue weighted by Crippen LogP contribution is 2.26. The SMILES string of the molecule is CCCCC/C=C\C/C=C\CCCCCCCCCCCCCCCCCCC(O)C(=O)NC(COC1OC(CO)C(O)C(O)C1OC(=O)CCCCC/C=C\CCCCCCCCC)C(O)/C=C/CCCCCCCCCCC. The highest BCUT2D eigenvalue weighted by molar-refractivity contribution is 5.80. The Bertz CT molecular complexity index is 1490. The van der Waals surface area contributed by atoms with Crippen molar-refractivity contribution in [2.24, 2.45) is 0 Å². The van der Waals surface area contributed by atoms with Crippen LogP contribution in [0.2, 0.25) is 0 Å². The van der Waals surface area contributed by atoms with Gasteiger partial charge in [-0.2, -0.15) is 0 Å². The van der Waals surface area contributed by atoms with Crippen molar-refractivity contribution in [3.8, 4) is 0 Å². The van der Waals surface area contributed by atoms with Crippen molar-refractivity contribution in [3.05, 3.63) is 48.6 Å². The van der Waals surface area contributed by atoms with Crippen LogP contribution in [0.4, 0.5) is 0 Å². The molecule has 11 heteroatoms. The number of aliphatic hydroxyl groups excluding tert-OH is 5. The van der Waals surface area contributed by atoms with Gasteiger partial charge in [-0.15, -0.1) is 0 Å². The summed E-state index contributed by atoms with van der Waals surface area (Å²) in [6.07, 6.45) is 60.2. The minimum absolute atomic E-state index is 0.105. The summed E-state index contributed by atoms with van der Waals surface area (Å²) >= 11 is 0. The maximum Gasteiger partial charge on any atom is 0.306 e. The average molecular weight is 1130 g/mol. The fourth-order valence-electron chi connectivity index (χ4n) is 10.6. The molecule has 1 amide bonds. The molecule has 0 radical (unpaired) electrons. The minimum atomic E-state index is -1.62. The van der Waals surface area contributed by atoms with Crippen molar-refractivity contribution in [2.45, 2.75) is 365 Å². The van der Waals surface area contributed by atoms with Gasteiger partial charge < -0.3 is 45.1 Å². The quantitative estimate of drug-likeness (QED) is 0.0195. The summed E-state index contributed by atoms with van der Waals surface area (Å²) in [6, 6.07) is -1.02. The van der Waals surface area contributed by atoms with Gasteiger partial charge in [0.15, 0.2) is 12.4 Å². The molecule has 1 heterocycles. The number of hydrogen-bond donors (Lipinski definition) is 6. The molecule has 0 saturated carbocycles. The number of unbranched alkanes of at least 4 members (excludes halogenated alkanes) is 38. The lowest BCUT2D eigenvalue weighted by atomic mass is 9.99. The number of nitrogens with one attached hydrogen (secondary N) is 1. The monoisotopic (exact) mass is 1130 g/mol. The van der Waals surface area contributed by atoms with Gasteiger partial charge in [0.25, 0.3) is 0 Å². The first kappa shape index (κ1) is 75.6. The highest BCUT2D eigenvalue weighted by atomic mass is 16.7. The first-order chi connectivity index (χ1) is 39.2. The van der Waals surface area contributed by atoms with E-state index in [2.05, 4.69) is 62.5 Å². The first-order valence-electron chi connectivity index (χ1n) is 33.9. The minimum Gasteiger partial charge on any atom is -0.454 e. The summed E-state index contributed by atoms with van der Waals surface area (Å²) in [5, 5.41) is 57.0. The van der Waals surface area contributed by atoms with Crippen LogP contribution in [0.5, 0.6) is 0 Å². The van der Waals surface area contributed by atoms with Crippen molar-refractivity contribution in [2.75, 3.05) is 13.2 Å². The third kappa shape index (κ3) is 44.2. The number of allylic oxidation sites excluding steroid dienone is 7. The predicted molar refractivity (Wildman–Crippen MR) is 334 cm³/mol. The average Bonchev–Trinajstić information content (AvgIpc) is 3.46. The summed E-state index contributed by atoms with van der Waals surface area (Å²) < 4.78 is 17.6. The second kappa shape index (κ2) is 57.1. The van der Waals surface area contributed by atoms with Crippen molar-refractivity contribution in [1.82, 2.24) is 5.32 Å².